The lowest BCUT2D eigenvalue weighted by Gasteiger charge is -2.03. The van der Waals surface area contributed by atoms with Gasteiger partial charge in [-0.3, -0.25) is 4.40 Å². The van der Waals surface area contributed by atoms with Gasteiger partial charge in [-0.25, -0.2) is 4.98 Å². The molecular formula is C21H18N4O. The van der Waals surface area contributed by atoms with Crippen LogP contribution in [0.1, 0.15) is 5.56 Å². The number of imidazole rings is 1. The Hall–Kier alpha value is -3.47. The summed E-state index contributed by atoms with van der Waals surface area (Å²) in [6.45, 7) is 2.05. The van der Waals surface area contributed by atoms with E-state index >= 15 is 0 Å². The predicted octanol–water partition coefficient (Wildman–Crippen LogP) is 5.73. The Bertz CT molecular complexity index is 1080. The van der Waals surface area contributed by atoms with E-state index in [9.17, 15) is 0 Å². The van der Waals surface area contributed by atoms with Crippen molar-refractivity contribution in [2.45, 2.75) is 6.92 Å². The zero-order valence-corrected chi connectivity index (χ0v) is 14.6. The number of azo groups is 1. The van der Waals surface area contributed by atoms with E-state index in [0.29, 0.717) is 5.82 Å². The largest absolute Gasteiger partial charge is 0.497 e. The molecule has 0 aliphatic heterocycles. The lowest BCUT2D eigenvalue weighted by molar-refractivity contribution is 0.415. The third-order valence-corrected chi connectivity index (χ3v) is 4.14. The van der Waals surface area contributed by atoms with E-state index in [0.717, 1.165) is 28.3 Å². The molecule has 0 saturated carbocycles. The van der Waals surface area contributed by atoms with Gasteiger partial charge >= 0.3 is 0 Å². The van der Waals surface area contributed by atoms with Gasteiger partial charge in [0.05, 0.1) is 12.8 Å². The fourth-order valence-electron chi connectivity index (χ4n) is 2.76. The molecule has 0 bridgehead atoms. The summed E-state index contributed by atoms with van der Waals surface area (Å²) in [7, 11) is 1.65. The number of hydrogen-bond donors (Lipinski definition) is 0. The van der Waals surface area contributed by atoms with Gasteiger partial charge in [-0.2, -0.15) is 0 Å². The number of benzene rings is 2. The van der Waals surface area contributed by atoms with Crippen LogP contribution in [0.15, 0.2) is 83.2 Å². The van der Waals surface area contributed by atoms with Crippen molar-refractivity contribution in [3.8, 4) is 17.0 Å². The van der Waals surface area contributed by atoms with E-state index < -0.39 is 0 Å². The number of aromatic nitrogens is 2. The maximum absolute atomic E-state index is 5.34. The molecular weight excluding hydrogens is 324 g/mol. The van der Waals surface area contributed by atoms with E-state index in [1.54, 1.807) is 7.11 Å². The van der Waals surface area contributed by atoms with Gasteiger partial charge in [-0.05, 0) is 43.3 Å². The molecule has 0 fully saturated rings. The van der Waals surface area contributed by atoms with E-state index in [4.69, 9.17) is 9.72 Å². The molecule has 4 rings (SSSR count). The van der Waals surface area contributed by atoms with Crippen molar-refractivity contribution in [1.29, 1.82) is 0 Å². The second-order valence-electron chi connectivity index (χ2n) is 5.98. The van der Waals surface area contributed by atoms with Crippen LogP contribution in [-0.2, 0) is 0 Å². The summed E-state index contributed by atoms with van der Waals surface area (Å²) >= 11 is 0. The highest BCUT2D eigenvalue weighted by Gasteiger charge is 2.14. The van der Waals surface area contributed by atoms with E-state index in [1.807, 2.05) is 84.3 Å². The molecule has 0 unspecified atom stereocenters. The molecule has 4 aromatic rings. The van der Waals surface area contributed by atoms with E-state index in [-0.39, 0.29) is 0 Å². The summed E-state index contributed by atoms with van der Waals surface area (Å²) in [4.78, 5) is 4.74. The first-order valence-corrected chi connectivity index (χ1v) is 8.34. The lowest BCUT2D eigenvalue weighted by atomic mass is 10.1. The number of pyridine rings is 1. The number of rotatable bonds is 4. The van der Waals surface area contributed by atoms with Crippen molar-refractivity contribution in [3.63, 3.8) is 0 Å². The third-order valence-electron chi connectivity index (χ3n) is 4.14. The number of hydrogen-bond acceptors (Lipinski definition) is 4. The van der Waals surface area contributed by atoms with Crippen LogP contribution in [-0.4, -0.2) is 16.5 Å². The maximum atomic E-state index is 5.34. The second kappa shape index (κ2) is 6.80. The van der Waals surface area contributed by atoms with Crippen molar-refractivity contribution in [2.24, 2.45) is 10.2 Å². The first-order chi connectivity index (χ1) is 12.7. The van der Waals surface area contributed by atoms with Crippen LogP contribution >= 0.6 is 0 Å². The molecule has 0 amide bonds. The SMILES string of the molecule is COc1cccc(-c2nc3ccccn3c2N=Nc2ccc(C)cc2)c1. The fraction of sp³-hybridized carbons (Fsp3) is 0.0952. The third kappa shape index (κ3) is 3.07. The summed E-state index contributed by atoms with van der Waals surface area (Å²) < 4.78 is 7.28. The van der Waals surface area contributed by atoms with E-state index in [2.05, 4.69) is 10.2 Å². The second-order valence-corrected chi connectivity index (χ2v) is 5.98. The molecule has 0 atom stereocenters. The van der Waals surface area contributed by atoms with Gasteiger partial charge in [-0.1, -0.05) is 35.9 Å². The quantitative estimate of drug-likeness (QED) is 0.444. The number of methoxy groups -OCH3 is 1. The van der Waals surface area contributed by atoms with Crippen LogP contribution < -0.4 is 4.74 Å². The van der Waals surface area contributed by atoms with E-state index in [1.165, 1.54) is 5.56 Å². The average molecular weight is 342 g/mol. The normalized spacial score (nSPS) is 11.3. The summed E-state index contributed by atoms with van der Waals surface area (Å²) in [5, 5.41) is 8.91. The molecule has 2 aromatic heterocycles. The number of ether oxygens (including phenoxy) is 1. The zero-order chi connectivity index (χ0) is 17.9. The Balaban J connectivity index is 1.85. The number of aryl methyl sites for hydroxylation is 1. The first-order valence-electron chi connectivity index (χ1n) is 8.34. The van der Waals surface area contributed by atoms with Crippen LogP contribution in [0.5, 0.6) is 5.75 Å². The summed E-state index contributed by atoms with van der Waals surface area (Å²) in [6.07, 6.45) is 1.94. The van der Waals surface area contributed by atoms with Crippen molar-refractivity contribution in [1.82, 2.24) is 9.38 Å². The standard InChI is InChI=1S/C21H18N4O/c1-15-9-11-17(12-10-15)23-24-21-20(16-6-5-7-18(14-16)26-2)22-19-8-3-4-13-25(19)21/h3-14H,1-2H3. The Labute approximate surface area is 151 Å². The molecule has 0 aliphatic carbocycles. The topological polar surface area (TPSA) is 51.2 Å². The first kappa shape index (κ1) is 16.0. The number of fused-ring (bicyclic) bond motifs is 1. The molecule has 0 saturated heterocycles. The average Bonchev–Trinajstić information content (AvgIpc) is 3.06. The Morgan fingerprint density at radius 3 is 2.58 bits per heavy atom. The molecule has 0 N–H and O–H groups in total. The molecule has 26 heavy (non-hydrogen) atoms. The molecule has 0 aliphatic rings. The van der Waals surface area contributed by atoms with Crippen molar-refractivity contribution < 1.29 is 4.74 Å². The minimum atomic E-state index is 0.689. The number of nitrogens with zero attached hydrogens (tertiary/aromatic N) is 4. The zero-order valence-electron chi connectivity index (χ0n) is 14.6. The molecule has 5 heteroatoms. The van der Waals surface area contributed by atoms with Gasteiger partial charge < -0.3 is 4.74 Å². The molecule has 128 valence electrons. The van der Waals surface area contributed by atoms with Crippen LogP contribution in [0.3, 0.4) is 0 Å². The minimum absolute atomic E-state index is 0.689. The van der Waals surface area contributed by atoms with Gasteiger partial charge in [0.2, 0.25) is 0 Å². The van der Waals surface area contributed by atoms with Gasteiger partial charge in [0.15, 0.2) is 5.82 Å². The van der Waals surface area contributed by atoms with Crippen LogP contribution in [0.25, 0.3) is 16.9 Å². The van der Waals surface area contributed by atoms with Crippen molar-refractivity contribution in [2.75, 3.05) is 7.11 Å². The predicted molar refractivity (Wildman–Crippen MR) is 103 cm³/mol. The highest BCUT2D eigenvalue weighted by Crippen LogP contribution is 2.33. The minimum Gasteiger partial charge on any atom is -0.497 e. The highest BCUT2D eigenvalue weighted by molar-refractivity contribution is 5.75. The highest BCUT2D eigenvalue weighted by atomic mass is 16.5. The summed E-state index contributed by atoms with van der Waals surface area (Å²) in [6, 6.07) is 21.6. The molecule has 2 heterocycles. The van der Waals surface area contributed by atoms with Gasteiger partial charge in [0.1, 0.15) is 17.1 Å². The molecule has 5 nitrogen and oxygen atoms in total. The van der Waals surface area contributed by atoms with Crippen molar-refractivity contribution >= 4 is 17.2 Å². The smallest absolute Gasteiger partial charge is 0.187 e. The molecule has 0 spiro atoms. The van der Waals surface area contributed by atoms with Crippen molar-refractivity contribution in [3.05, 3.63) is 78.5 Å². The van der Waals surface area contributed by atoms with Gasteiger partial charge in [-0.15, -0.1) is 10.2 Å². The van der Waals surface area contributed by atoms with Crippen LogP contribution in [0, 0.1) is 6.92 Å². The molecule has 0 radical (unpaired) electrons. The summed E-state index contributed by atoms with van der Waals surface area (Å²) in [5.74, 6) is 1.47. The molecule has 2 aromatic carbocycles. The Kier molecular flexibility index (Phi) is 4.19. The van der Waals surface area contributed by atoms with Crippen LogP contribution in [0.4, 0.5) is 11.5 Å². The lowest BCUT2D eigenvalue weighted by Crippen LogP contribution is -1.84. The monoisotopic (exact) mass is 342 g/mol. The Morgan fingerprint density at radius 1 is 0.923 bits per heavy atom. The maximum Gasteiger partial charge on any atom is 0.187 e. The van der Waals surface area contributed by atoms with Crippen LogP contribution in [0.2, 0.25) is 0 Å². The Morgan fingerprint density at radius 2 is 1.77 bits per heavy atom. The fourth-order valence-corrected chi connectivity index (χ4v) is 2.76. The van der Waals surface area contributed by atoms with Gasteiger partial charge in [0, 0.05) is 11.8 Å². The summed E-state index contributed by atoms with van der Waals surface area (Å²) in [5.41, 5.74) is 4.52. The van der Waals surface area contributed by atoms with Gasteiger partial charge in [0.25, 0.3) is 0 Å².